The van der Waals surface area contributed by atoms with Crippen LogP contribution in [0.25, 0.3) is 0 Å². The molecule has 0 aliphatic rings. The maximum absolute atomic E-state index is 12.1. The summed E-state index contributed by atoms with van der Waals surface area (Å²) in [5, 5.41) is 17.6. The number of benzene rings is 3. The molecule has 3 aromatic carbocycles. The molecule has 0 atom stereocenters. The van der Waals surface area contributed by atoms with E-state index in [-0.39, 0.29) is 18.2 Å². The number of carbonyl (C=O) groups is 1. The number of methoxy groups -OCH3 is 1. The summed E-state index contributed by atoms with van der Waals surface area (Å²) in [6.07, 6.45) is 1.56. The normalized spacial score (nSPS) is 10.6. The Kier molecular flexibility index (Phi) is 7.76. The fourth-order valence-electron chi connectivity index (χ4n) is 2.65. The van der Waals surface area contributed by atoms with Crippen molar-refractivity contribution in [3.8, 4) is 11.5 Å². The number of hydrogen-bond acceptors (Lipinski definition) is 7. The fourth-order valence-corrected chi connectivity index (χ4v) is 3.22. The second kappa shape index (κ2) is 10.9. The summed E-state index contributed by atoms with van der Waals surface area (Å²) >= 11 is 3.43. The van der Waals surface area contributed by atoms with Gasteiger partial charge in [0, 0.05) is 17.8 Å². The van der Waals surface area contributed by atoms with Gasteiger partial charge in [-0.1, -0.05) is 18.2 Å². The molecule has 0 aliphatic heterocycles. The number of amides is 1. The molecule has 0 heterocycles. The van der Waals surface area contributed by atoms with Gasteiger partial charge in [-0.2, -0.15) is 5.10 Å². The van der Waals surface area contributed by atoms with E-state index in [0.717, 1.165) is 0 Å². The quantitative estimate of drug-likeness (QED) is 0.248. The van der Waals surface area contributed by atoms with Crippen molar-refractivity contribution in [1.82, 2.24) is 0 Å². The number of non-ortho nitro benzene ring substituents is 1. The van der Waals surface area contributed by atoms with E-state index in [4.69, 9.17) is 9.47 Å². The Bertz CT molecular complexity index is 1120. The zero-order chi connectivity index (χ0) is 22.9. The number of para-hydroxylation sites is 1. The average molecular weight is 499 g/mol. The van der Waals surface area contributed by atoms with Crippen LogP contribution in [0.4, 0.5) is 17.1 Å². The third-order valence-corrected chi connectivity index (χ3v) is 4.73. The number of nitrogens with zero attached hydrogens (tertiary/aromatic N) is 2. The van der Waals surface area contributed by atoms with E-state index in [1.54, 1.807) is 42.6 Å². The minimum absolute atomic E-state index is 0.00114. The Morgan fingerprint density at radius 3 is 2.50 bits per heavy atom. The zero-order valence-corrected chi connectivity index (χ0v) is 18.5. The van der Waals surface area contributed by atoms with Crippen LogP contribution in [0.1, 0.15) is 5.56 Å². The number of hydrogen-bond donors (Lipinski definition) is 2. The maximum atomic E-state index is 12.1. The van der Waals surface area contributed by atoms with Crippen LogP contribution in [0, 0.1) is 10.1 Å². The number of halogens is 1. The van der Waals surface area contributed by atoms with E-state index in [2.05, 4.69) is 31.8 Å². The Hall–Kier alpha value is -3.92. The van der Waals surface area contributed by atoms with Crippen molar-refractivity contribution in [2.75, 3.05) is 24.5 Å². The summed E-state index contributed by atoms with van der Waals surface area (Å²) < 4.78 is 11.6. The second-order valence-electron chi connectivity index (χ2n) is 6.41. The van der Waals surface area contributed by atoms with Crippen molar-refractivity contribution >= 4 is 45.1 Å². The van der Waals surface area contributed by atoms with Crippen LogP contribution in [-0.4, -0.2) is 30.8 Å². The van der Waals surface area contributed by atoms with Gasteiger partial charge < -0.3 is 14.8 Å². The number of hydrazone groups is 1. The van der Waals surface area contributed by atoms with Crippen LogP contribution in [0.3, 0.4) is 0 Å². The molecule has 3 rings (SSSR count). The molecule has 0 bridgehead atoms. The Balaban J connectivity index is 1.63. The maximum Gasteiger partial charge on any atom is 0.269 e. The highest BCUT2D eigenvalue weighted by Gasteiger charge is 2.13. The van der Waals surface area contributed by atoms with Gasteiger partial charge in [0.15, 0.2) is 18.1 Å². The first kappa shape index (κ1) is 22.8. The van der Waals surface area contributed by atoms with Crippen LogP contribution in [-0.2, 0) is 4.79 Å². The minimum Gasteiger partial charge on any atom is -0.493 e. The Morgan fingerprint density at radius 1 is 1.12 bits per heavy atom. The number of nitrogens with one attached hydrogen (secondary N) is 2. The molecule has 0 aromatic heterocycles. The summed E-state index contributed by atoms with van der Waals surface area (Å²) in [5.74, 6) is 0.503. The largest absolute Gasteiger partial charge is 0.493 e. The smallest absolute Gasteiger partial charge is 0.269 e. The van der Waals surface area contributed by atoms with E-state index in [1.807, 2.05) is 18.2 Å². The van der Waals surface area contributed by atoms with Crippen LogP contribution < -0.4 is 20.2 Å². The van der Waals surface area contributed by atoms with Gasteiger partial charge in [-0.05, 0) is 57.9 Å². The number of nitro benzene ring substituents is 1. The lowest BCUT2D eigenvalue weighted by molar-refractivity contribution is -0.384. The van der Waals surface area contributed by atoms with E-state index in [0.29, 0.717) is 32.9 Å². The minimum atomic E-state index is -0.466. The predicted octanol–water partition coefficient (Wildman–Crippen LogP) is 4.83. The summed E-state index contributed by atoms with van der Waals surface area (Å²) in [5.41, 5.74) is 4.78. The number of nitro groups is 1. The number of anilines is 2. The van der Waals surface area contributed by atoms with Crippen molar-refractivity contribution in [2.24, 2.45) is 5.10 Å². The SMILES string of the molecule is COc1cc(/C=N/Nc2ccc([N+](=O)[O-])cc2)cc(Br)c1OCC(=O)Nc1ccccc1. The lowest BCUT2D eigenvalue weighted by Crippen LogP contribution is -2.20. The van der Waals surface area contributed by atoms with Crippen molar-refractivity contribution in [3.63, 3.8) is 0 Å². The molecule has 3 aromatic rings. The Labute approximate surface area is 192 Å². The third-order valence-electron chi connectivity index (χ3n) is 4.14. The molecule has 0 saturated carbocycles. The van der Waals surface area contributed by atoms with E-state index >= 15 is 0 Å². The van der Waals surface area contributed by atoms with Crippen molar-refractivity contribution in [1.29, 1.82) is 0 Å². The van der Waals surface area contributed by atoms with E-state index < -0.39 is 4.92 Å². The first-order valence-corrected chi connectivity index (χ1v) is 10.1. The standard InChI is InChI=1S/C22H19BrN4O5/c1-31-20-12-15(13-24-26-17-7-9-18(10-8-17)27(29)30)11-19(23)22(20)32-14-21(28)25-16-5-3-2-4-6-16/h2-13,26H,14H2,1H3,(H,25,28)/b24-13+. The summed E-state index contributed by atoms with van der Waals surface area (Å²) in [6.45, 7) is -0.195. The van der Waals surface area contributed by atoms with Gasteiger partial charge in [-0.25, -0.2) is 0 Å². The molecule has 32 heavy (non-hydrogen) atoms. The average Bonchev–Trinajstić information content (AvgIpc) is 2.79. The lowest BCUT2D eigenvalue weighted by atomic mass is 10.2. The summed E-state index contributed by atoms with van der Waals surface area (Å²) in [6, 6.07) is 18.4. The monoisotopic (exact) mass is 498 g/mol. The van der Waals surface area contributed by atoms with Crippen LogP contribution in [0.2, 0.25) is 0 Å². The molecule has 0 unspecified atom stereocenters. The van der Waals surface area contributed by atoms with Crippen molar-refractivity contribution in [2.45, 2.75) is 0 Å². The zero-order valence-electron chi connectivity index (χ0n) is 16.9. The number of rotatable bonds is 9. The number of carbonyl (C=O) groups excluding carboxylic acids is 1. The lowest BCUT2D eigenvalue weighted by Gasteiger charge is -2.13. The van der Waals surface area contributed by atoms with Crippen molar-refractivity contribution < 1.29 is 19.2 Å². The first-order chi connectivity index (χ1) is 15.5. The van der Waals surface area contributed by atoms with Crippen LogP contribution in [0.15, 0.2) is 76.3 Å². The van der Waals surface area contributed by atoms with Gasteiger partial charge in [-0.3, -0.25) is 20.3 Å². The molecule has 0 spiro atoms. The molecule has 1 amide bonds. The molecule has 10 heteroatoms. The van der Waals surface area contributed by atoms with Gasteiger partial charge in [-0.15, -0.1) is 0 Å². The second-order valence-corrected chi connectivity index (χ2v) is 7.27. The highest BCUT2D eigenvalue weighted by molar-refractivity contribution is 9.10. The Morgan fingerprint density at radius 2 is 1.84 bits per heavy atom. The summed E-state index contributed by atoms with van der Waals surface area (Å²) in [4.78, 5) is 22.4. The molecular formula is C22H19BrN4O5. The number of ether oxygens (including phenoxy) is 2. The van der Waals surface area contributed by atoms with Gasteiger partial charge in [0.2, 0.25) is 0 Å². The summed E-state index contributed by atoms with van der Waals surface area (Å²) in [7, 11) is 1.49. The fraction of sp³-hybridized carbons (Fsp3) is 0.0909. The molecule has 164 valence electrons. The third kappa shape index (κ3) is 6.29. The van der Waals surface area contributed by atoms with Gasteiger partial charge in [0.25, 0.3) is 11.6 Å². The highest BCUT2D eigenvalue weighted by Crippen LogP contribution is 2.36. The van der Waals surface area contributed by atoms with Crippen LogP contribution in [0.5, 0.6) is 11.5 Å². The molecule has 0 fully saturated rings. The van der Waals surface area contributed by atoms with Gasteiger partial charge >= 0.3 is 0 Å². The predicted molar refractivity (Wildman–Crippen MR) is 126 cm³/mol. The topological polar surface area (TPSA) is 115 Å². The first-order valence-electron chi connectivity index (χ1n) is 9.35. The van der Waals surface area contributed by atoms with Crippen molar-refractivity contribution in [3.05, 3.63) is 86.9 Å². The van der Waals surface area contributed by atoms with E-state index in [9.17, 15) is 14.9 Å². The molecule has 0 saturated heterocycles. The molecular weight excluding hydrogens is 480 g/mol. The molecule has 0 radical (unpaired) electrons. The highest BCUT2D eigenvalue weighted by atomic mass is 79.9. The van der Waals surface area contributed by atoms with Gasteiger partial charge in [0.1, 0.15) is 0 Å². The van der Waals surface area contributed by atoms with Gasteiger partial charge in [0.05, 0.1) is 28.4 Å². The molecule has 2 N–H and O–H groups in total. The molecule has 9 nitrogen and oxygen atoms in total. The van der Waals surface area contributed by atoms with E-state index in [1.165, 1.54) is 19.2 Å². The van der Waals surface area contributed by atoms with Crippen LogP contribution >= 0.6 is 15.9 Å². The molecule has 0 aliphatic carbocycles.